The molecule has 0 bridgehead atoms. The number of ether oxygens (including phenoxy) is 1. The number of nitrogens with zero attached hydrogens (tertiary/aromatic N) is 1. The molecule has 1 aliphatic rings. The van der Waals surface area contributed by atoms with E-state index < -0.39 is 17.7 Å². The Hall–Kier alpha value is -3.86. The Morgan fingerprint density at radius 1 is 0.938 bits per heavy atom. The summed E-state index contributed by atoms with van der Waals surface area (Å²) in [5.41, 5.74) is 3.27. The lowest BCUT2D eigenvalue weighted by Crippen LogP contribution is -2.29. The van der Waals surface area contributed by atoms with Crippen LogP contribution in [0.4, 0.5) is 0 Å². The molecule has 5 nitrogen and oxygen atoms in total. The molecule has 1 N–H and O–H groups in total. The van der Waals surface area contributed by atoms with Gasteiger partial charge in [-0.25, -0.2) is 0 Å². The van der Waals surface area contributed by atoms with Gasteiger partial charge in [-0.3, -0.25) is 9.59 Å². The number of hydrogen-bond donors (Lipinski definition) is 1. The van der Waals surface area contributed by atoms with Crippen LogP contribution in [0.5, 0.6) is 5.75 Å². The van der Waals surface area contributed by atoms with Gasteiger partial charge in [0.1, 0.15) is 11.5 Å². The Balaban J connectivity index is 1.84. The number of ketones is 1. The van der Waals surface area contributed by atoms with Crippen LogP contribution in [0.1, 0.15) is 35.2 Å². The van der Waals surface area contributed by atoms with Crippen molar-refractivity contribution in [2.24, 2.45) is 0 Å². The maximum absolute atomic E-state index is 13.1. The van der Waals surface area contributed by atoms with Gasteiger partial charge in [0.05, 0.1) is 25.3 Å². The van der Waals surface area contributed by atoms with E-state index in [4.69, 9.17) is 4.74 Å². The lowest BCUT2D eigenvalue weighted by atomic mass is 9.95. The number of carbonyl (C=O) groups excluding carboxylic acids is 2. The topological polar surface area (TPSA) is 66.8 Å². The summed E-state index contributed by atoms with van der Waals surface area (Å²) in [7, 11) is 1.57. The quantitative estimate of drug-likeness (QED) is 0.346. The summed E-state index contributed by atoms with van der Waals surface area (Å²) in [5.74, 6) is -0.860. The molecule has 0 aromatic heterocycles. The second-order valence-corrected chi connectivity index (χ2v) is 7.70. The summed E-state index contributed by atoms with van der Waals surface area (Å²) in [6, 6.07) is 23.4. The van der Waals surface area contributed by atoms with E-state index >= 15 is 0 Å². The third-order valence-corrected chi connectivity index (χ3v) is 5.82. The van der Waals surface area contributed by atoms with E-state index in [1.54, 1.807) is 19.2 Å². The van der Waals surface area contributed by atoms with Crippen LogP contribution in [0.25, 0.3) is 5.76 Å². The molecule has 3 aromatic rings. The molecule has 4 rings (SSSR count). The average molecular weight is 428 g/mol. The monoisotopic (exact) mass is 427 g/mol. The fourth-order valence-corrected chi connectivity index (χ4v) is 4.10. The number of carbonyl (C=O) groups is 2. The Labute approximate surface area is 187 Å². The zero-order chi connectivity index (χ0) is 22.7. The molecular weight excluding hydrogens is 402 g/mol. The maximum atomic E-state index is 13.1. The summed E-state index contributed by atoms with van der Waals surface area (Å²) in [4.78, 5) is 27.8. The van der Waals surface area contributed by atoms with Crippen LogP contribution in [0, 0.1) is 0 Å². The zero-order valence-corrected chi connectivity index (χ0v) is 18.1. The first-order valence-electron chi connectivity index (χ1n) is 10.6. The van der Waals surface area contributed by atoms with Crippen LogP contribution >= 0.6 is 0 Å². The number of methoxy groups -OCH3 is 1. The second-order valence-electron chi connectivity index (χ2n) is 7.70. The van der Waals surface area contributed by atoms with Crippen LogP contribution in [0.2, 0.25) is 0 Å². The highest BCUT2D eigenvalue weighted by molar-refractivity contribution is 6.46. The molecule has 1 heterocycles. The first-order valence-corrected chi connectivity index (χ1v) is 10.6. The number of aryl methyl sites for hydroxylation is 1. The van der Waals surface area contributed by atoms with Crippen LogP contribution < -0.4 is 4.74 Å². The van der Waals surface area contributed by atoms with E-state index in [-0.39, 0.29) is 17.9 Å². The number of aliphatic hydroxyl groups is 1. The van der Waals surface area contributed by atoms with E-state index in [0.29, 0.717) is 11.3 Å². The van der Waals surface area contributed by atoms with Crippen LogP contribution in [-0.2, 0) is 22.6 Å². The van der Waals surface area contributed by atoms with Gasteiger partial charge in [-0.2, -0.15) is 0 Å². The van der Waals surface area contributed by atoms with Gasteiger partial charge < -0.3 is 14.7 Å². The molecular formula is C27H25NO4. The van der Waals surface area contributed by atoms with Crippen molar-refractivity contribution >= 4 is 17.4 Å². The fourth-order valence-electron chi connectivity index (χ4n) is 4.10. The number of likely N-dealkylation sites (tertiary alicyclic amines) is 1. The highest BCUT2D eigenvalue weighted by atomic mass is 16.5. The standard InChI is InChI=1S/C27H25NO4/c1-3-18-13-15-20(16-14-18)25(29)23-24(19-9-5-4-6-10-19)28(27(31)26(23)30)17-21-11-7-8-12-22(21)32-2/h4-16,24,29H,3,17H2,1-2H3/b25-23+. The van der Waals surface area contributed by atoms with Crippen molar-refractivity contribution in [2.45, 2.75) is 25.9 Å². The van der Waals surface area contributed by atoms with Gasteiger partial charge in [0.15, 0.2) is 0 Å². The Morgan fingerprint density at radius 2 is 1.59 bits per heavy atom. The van der Waals surface area contributed by atoms with Gasteiger partial charge in [-0.05, 0) is 23.6 Å². The zero-order valence-electron chi connectivity index (χ0n) is 18.1. The molecule has 0 saturated carbocycles. The van der Waals surface area contributed by atoms with Crippen molar-refractivity contribution in [1.82, 2.24) is 4.90 Å². The lowest BCUT2D eigenvalue weighted by molar-refractivity contribution is -0.140. The van der Waals surface area contributed by atoms with Crippen molar-refractivity contribution in [3.63, 3.8) is 0 Å². The second kappa shape index (κ2) is 9.10. The summed E-state index contributed by atoms with van der Waals surface area (Å²) in [6.45, 7) is 2.23. The van der Waals surface area contributed by atoms with Crippen molar-refractivity contribution in [3.05, 3.63) is 107 Å². The van der Waals surface area contributed by atoms with Crippen molar-refractivity contribution < 1.29 is 19.4 Å². The number of aliphatic hydroxyl groups excluding tert-OH is 1. The minimum absolute atomic E-state index is 0.0975. The van der Waals surface area contributed by atoms with Crippen LogP contribution in [0.3, 0.4) is 0 Å². The molecule has 1 saturated heterocycles. The predicted molar refractivity (Wildman–Crippen MR) is 123 cm³/mol. The molecule has 3 aromatic carbocycles. The molecule has 1 fully saturated rings. The molecule has 0 spiro atoms. The number of para-hydroxylation sites is 1. The number of hydrogen-bond acceptors (Lipinski definition) is 4. The SMILES string of the molecule is CCc1ccc(/C(O)=C2\C(=O)C(=O)N(Cc3ccccc3OC)C2c2ccccc2)cc1. The lowest BCUT2D eigenvalue weighted by Gasteiger charge is -2.26. The molecule has 0 aliphatic carbocycles. The first-order chi connectivity index (χ1) is 15.5. The van der Waals surface area contributed by atoms with Crippen LogP contribution in [0.15, 0.2) is 84.4 Å². The summed E-state index contributed by atoms with van der Waals surface area (Å²) < 4.78 is 5.44. The number of Topliss-reactive ketones (excluding diaryl/α,β-unsaturated/α-hetero) is 1. The molecule has 1 atom stereocenters. The minimum Gasteiger partial charge on any atom is -0.507 e. The maximum Gasteiger partial charge on any atom is 0.295 e. The fraction of sp³-hybridized carbons (Fsp3) is 0.185. The van der Waals surface area contributed by atoms with Crippen molar-refractivity contribution in [1.29, 1.82) is 0 Å². The van der Waals surface area contributed by atoms with E-state index in [1.807, 2.05) is 73.7 Å². The molecule has 5 heteroatoms. The van der Waals surface area contributed by atoms with Crippen molar-refractivity contribution in [2.75, 3.05) is 7.11 Å². The highest BCUT2D eigenvalue weighted by Crippen LogP contribution is 2.40. The third kappa shape index (κ3) is 3.89. The predicted octanol–water partition coefficient (Wildman–Crippen LogP) is 4.88. The largest absolute Gasteiger partial charge is 0.507 e. The van der Waals surface area contributed by atoms with E-state index in [0.717, 1.165) is 23.1 Å². The molecule has 1 amide bonds. The van der Waals surface area contributed by atoms with E-state index in [1.165, 1.54) is 4.90 Å². The Kier molecular flexibility index (Phi) is 6.08. The van der Waals surface area contributed by atoms with Gasteiger partial charge in [0.25, 0.3) is 11.7 Å². The first kappa shape index (κ1) is 21.4. The summed E-state index contributed by atoms with van der Waals surface area (Å²) in [5, 5.41) is 11.1. The van der Waals surface area contributed by atoms with E-state index in [9.17, 15) is 14.7 Å². The van der Waals surface area contributed by atoms with Gasteiger partial charge in [-0.15, -0.1) is 0 Å². The smallest absolute Gasteiger partial charge is 0.295 e. The number of rotatable bonds is 6. The van der Waals surface area contributed by atoms with Crippen LogP contribution in [-0.4, -0.2) is 28.8 Å². The Bertz CT molecular complexity index is 1170. The highest BCUT2D eigenvalue weighted by Gasteiger charge is 2.46. The van der Waals surface area contributed by atoms with Gasteiger partial charge in [0, 0.05) is 11.1 Å². The normalized spacial score (nSPS) is 17.6. The number of benzene rings is 3. The molecule has 0 radical (unpaired) electrons. The Morgan fingerprint density at radius 3 is 2.25 bits per heavy atom. The van der Waals surface area contributed by atoms with Gasteiger partial charge in [0.2, 0.25) is 0 Å². The molecule has 32 heavy (non-hydrogen) atoms. The molecule has 1 aliphatic heterocycles. The number of amides is 1. The minimum atomic E-state index is -0.702. The van der Waals surface area contributed by atoms with Gasteiger partial charge >= 0.3 is 0 Å². The average Bonchev–Trinajstić information content (AvgIpc) is 3.09. The summed E-state index contributed by atoms with van der Waals surface area (Å²) >= 11 is 0. The van der Waals surface area contributed by atoms with Gasteiger partial charge in [-0.1, -0.05) is 79.7 Å². The van der Waals surface area contributed by atoms with E-state index in [2.05, 4.69) is 0 Å². The molecule has 1 unspecified atom stereocenters. The third-order valence-electron chi connectivity index (χ3n) is 5.82. The molecule has 162 valence electrons. The summed E-state index contributed by atoms with van der Waals surface area (Å²) in [6.07, 6.45) is 0.869. The van der Waals surface area contributed by atoms with Crippen molar-refractivity contribution in [3.8, 4) is 5.75 Å².